The van der Waals surface area contributed by atoms with Crippen molar-refractivity contribution in [2.24, 2.45) is 5.92 Å². The monoisotopic (exact) mass is 212 g/mol. The fraction of sp³-hybridized carbons (Fsp3) is 0.800. The number of nitrogens with zero attached hydrogens (tertiary/aromatic N) is 2. The molecule has 0 aliphatic heterocycles. The molecule has 0 fully saturated rings. The zero-order valence-corrected chi connectivity index (χ0v) is 9.71. The van der Waals surface area contributed by atoms with Gasteiger partial charge in [0, 0.05) is 6.54 Å². The van der Waals surface area contributed by atoms with E-state index < -0.39 is 0 Å². The molecule has 0 radical (unpaired) electrons. The highest BCUT2D eigenvalue weighted by Crippen LogP contribution is 2.05. The molecule has 0 aliphatic carbocycles. The lowest BCUT2D eigenvalue weighted by atomic mass is 10.2. The molecule has 1 rings (SSSR count). The Bertz CT molecular complexity index is 272. The number of aromatic nitrogens is 2. The second-order valence-electron chi connectivity index (χ2n) is 3.95. The van der Waals surface area contributed by atoms with Crippen LogP contribution in [0.2, 0.25) is 0 Å². The molecule has 1 heterocycles. The predicted octanol–water partition coefficient (Wildman–Crippen LogP) is 1.64. The van der Waals surface area contributed by atoms with E-state index in [1.807, 2.05) is 0 Å². The standard InChI is InChI=1S/C10H20N4O/c1-4-5-11-7-9-13-14-10(15-9)12-6-8(2)3/h8,11H,4-7H2,1-3H3,(H,12,14). The molecule has 5 heteroatoms. The molecule has 2 N–H and O–H groups in total. The molecule has 0 aliphatic rings. The van der Waals surface area contributed by atoms with E-state index in [2.05, 4.69) is 41.6 Å². The van der Waals surface area contributed by atoms with Crippen LogP contribution < -0.4 is 10.6 Å². The van der Waals surface area contributed by atoms with Gasteiger partial charge in [0.05, 0.1) is 6.54 Å². The van der Waals surface area contributed by atoms with Gasteiger partial charge in [0.2, 0.25) is 5.89 Å². The maximum atomic E-state index is 5.38. The van der Waals surface area contributed by atoms with Gasteiger partial charge in [0.15, 0.2) is 0 Å². The minimum absolute atomic E-state index is 0.511. The first-order valence-electron chi connectivity index (χ1n) is 5.49. The van der Waals surface area contributed by atoms with Gasteiger partial charge in [-0.3, -0.25) is 0 Å². The molecular formula is C10H20N4O. The first kappa shape index (κ1) is 12.0. The van der Waals surface area contributed by atoms with Gasteiger partial charge in [-0.05, 0) is 18.9 Å². The molecule has 0 atom stereocenters. The lowest BCUT2D eigenvalue weighted by Gasteiger charge is -2.03. The van der Waals surface area contributed by atoms with Crippen LogP contribution >= 0.6 is 0 Å². The van der Waals surface area contributed by atoms with Crippen molar-refractivity contribution in [1.29, 1.82) is 0 Å². The van der Waals surface area contributed by atoms with E-state index in [4.69, 9.17) is 4.42 Å². The summed E-state index contributed by atoms with van der Waals surface area (Å²) in [4.78, 5) is 0. The molecule has 1 aromatic heterocycles. The van der Waals surface area contributed by atoms with Gasteiger partial charge in [-0.1, -0.05) is 25.9 Å². The average Bonchev–Trinajstić information content (AvgIpc) is 2.63. The highest BCUT2D eigenvalue weighted by atomic mass is 16.4. The maximum Gasteiger partial charge on any atom is 0.315 e. The average molecular weight is 212 g/mol. The van der Waals surface area contributed by atoms with Gasteiger partial charge in [0.25, 0.3) is 0 Å². The van der Waals surface area contributed by atoms with Crippen molar-refractivity contribution < 1.29 is 4.42 Å². The molecule has 0 bridgehead atoms. The Labute approximate surface area is 90.7 Å². The molecule has 0 amide bonds. The minimum atomic E-state index is 0.511. The Hall–Kier alpha value is -1.10. The first-order valence-corrected chi connectivity index (χ1v) is 5.49. The van der Waals surface area contributed by atoms with Crippen LogP contribution in [0.4, 0.5) is 6.01 Å². The van der Waals surface area contributed by atoms with Gasteiger partial charge in [-0.2, -0.15) is 0 Å². The van der Waals surface area contributed by atoms with Crippen LogP contribution in [0.3, 0.4) is 0 Å². The van der Waals surface area contributed by atoms with Crippen LogP contribution in [0.15, 0.2) is 4.42 Å². The van der Waals surface area contributed by atoms with Crippen LogP contribution in [0.5, 0.6) is 0 Å². The van der Waals surface area contributed by atoms with Crippen molar-refractivity contribution in [3.63, 3.8) is 0 Å². The van der Waals surface area contributed by atoms with E-state index in [1.54, 1.807) is 0 Å². The summed E-state index contributed by atoms with van der Waals surface area (Å²) in [5, 5.41) is 14.1. The van der Waals surface area contributed by atoms with Crippen molar-refractivity contribution in [3.05, 3.63) is 5.89 Å². The van der Waals surface area contributed by atoms with Crippen LogP contribution in [-0.2, 0) is 6.54 Å². The van der Waals surface area contributed by atoms with Crippen LogP contribution in [-0.4, -0.2) is 23.3 Å². The quantitative estimate of drug-likeness (QED) is 0.673. The highest BCUT2D eigenvalue weighted by molar-refractivity contribution is 5.16. The summed E-state index contributed by atoms with van der Waals surface area (Å²) in [6.45, 7) is 8.85. The molecule has 86 valence electrons. The zero-order chi connectivity index (χ0) is 11.1. The summed E-state index contributed by atoms with van der Waals surface area (Å²) in [7, 11) is 0. The van der Waals surface area contributed by atoms with Gasteiger partial charge in [0.1, 0.15) is 0 Å². The van der Waals surface area contributed by atoms with Crippen LogP contribution in [0.1, 0.15) is 33.1 Å². The Morgan fingerprint density at radius 2 is 2.13 bits per heavy atom. The number of rotatable bonds is 7. The lowest BCUT2D eigenvalue weighted by molar-refractivity contribution is 0.474. The molecular weight excluding hydrogens is 192 g/mol. The van der Waals surface area contributed by atoms with Gasteiger partial charge in [-0.15, -0.1) is 5.10 Å². The summed E-state index contributed by atoms with van der Waals surface area (Å²) in [6.07, 6.45) is 1.10. The molecule has 0 saturated carbocycles. The van der Waals surface area contributed by atoms with E-state index in [0.29, 0.717) is 24.4 Å². The van der Waals surface area contributed by atoms with Gasteiger partial charge < -0.3 is 15.1 Å². The van der Waals surface area contributed by atoms with Crippen molar-refractivity contribution in [1.82, 2.24) is 15.5 Å². The third-order valence-electron chi connectivity index (χ3n) is 1.83. The fourth-order valence-electron chi connectivity index (χ4n) is 1.06. The highest BCUT2D eigenvalue weighted by Gasteiger charge is 2.04. The van der Waals surface area contributed by atoms with Crippen molar-refractivity contribution >= 4 is 6.01 Å². The maximum absolute atomic E-state index is 5.38. The third kappa shape index (κ3) is 4.78. The SMILES string of the molecule is CCCNCc1nnc(NCC(C)C)o1. The molecule has 0 unspecified atom stereocenters. The lowest BCUT2D eigenvalue weighted by Crippen LogP contribution is -2.13. The summed E-state index contributed by atoms with van der Waals surface area (Å²) in [5.74, 6) is 1.20. The van der Waals surface area contributed by atoms with Crippen LogP contribution in [0.25, 0.3) is 0 Å². The van der Waals surface area contributed by atoms with Crippen LogP contribution in [0, 0.1) is 5.92 Å². The molecule has 5 nitrogen and oxygen atoms in total. The summed E-state index contributed by atoms with van der Waals surface area (Å²) >= 11 is 0. The second-order valence-corrected chi connectivity index (χ2v) is 3.95. The van der Waals surface area contributed by atoms with E-state index in [-0.39, 0.29) is 0 Å². The molecule has 0 saturated heterocycles. The smallest absolute Gasteiger partial charge is 0.315 e. The molecule has 1 aromatic rings. The normalized spacial score (nSPS) is 10.9. The van der Waals surface area contributed by atoms with E-state index in [1.165, 1.54) is 0 Å². The van der Waals surface area contributed by atoms with Crippen molar-refractivity contribution in [2.75, 3.05) is 18.4 Å². The zero-order valence-electron chi connectivity index (χ0n) is 9.71. The van der Waals surface area contributed by atoms with Gasteiger partial charge >= 0.3 is 6.01 Å². The minimum Gasteiger partial charge on any atom is -0.407 e. The Morgan fingerprint density at radius 1 is 1.33 bits per heavy atom. The summed E-state index contributed by atoms with van der Waals surface area (Å²) < 4.78 is 5.38. The number of hydrogen-bond acceptors (Lipinski definition) is 5. The second kappa shape index (κ2) is 6.40. The van der Waals surface area contributed by atoms with Gasteiger partial charge in [-0.25, -0.2) is 0 Å². The molecule has 15 heavy (non-hydrogen) atoms. The third-order valence-corrected chi connectivity index (χ3v) is 1.83. The van der Waals surface area contributed by atoms with E-state index >= 15 is 0 Å². The Kier molecular flexibility index (Phi) is 5.10. The number of hydrogen-bond donors (Lipinski definition) is 2. The number of nitrogens with one attached hydrogen (secondary N) is 2. The predicted molar refractivity (Wildman–Crippen MR) is 59.6 cm³/mol. The fourth-order valence-corrected chi connectivity index (χ4v) is 1.06. The largest absolute Gasteiger partial charge is 0.407 e. The first-order chi connectivity index (χ1) is 7.22. The number of anilines is 1. The molecule has 0 aromatic carbocycles. The Morgan fingerprint density at radius 3 is 2.80 bits per heavy atom. The Balaban J connectivity index is 2.29. The topological polar surface area (TPSA) is 63.0 Å². The van der Waals surface area contributed by atoms with Crippen molar-refractivity contribution in [3.8, 4) is 0 Å². The summed E-state index contributed by atoms with van der Waals surface area (Å²) in [6, 6.07) is 0.511. The molecule has 0 spiro atoms. The van der Waals surface area contributed by atoms with Crippen molar-refractivity contribution in [2.45, 2.75) is 33.7 Å². The van der Waals surface area contributed by atoms with E-state index in [9.17, 15) is 0 Å². The summed E-state index contributed by atoms with van der Waals surface area (Å²) in [5.41, 5.74) is 0. The van der Waals surface area contributed by atoms with E-state index in [0.717, 1.165) is 19.5 Å².